The molecule has 0 aliphatic carbocycles. The van der Waals surface area contributed by atoms with Crippen molar-refractivity contribution in [3.05, 3.63) is 111 Å². The van der Waals surface area contributed by atoms with Crippen molar-refractivity contribution in [2.24, 2.45) is 5.10 Å². The third-order valence-electron chi connectivity index (χ3n) is 6.39. The van der Waals surface area contributed by atoms with E-state index >= 15 is 0 Å². The molecule has 39 heavy (non-hydrogen) atoms. The normalized spacial score (nSPS) is 11.6. The molecule has 0 fully saturated rings. The second kappa shape index (κ2) is 11.5. The van der Waals surface area contributed by atoms with Crippen molar-refractivity contribution in [3.63, 3.8) is 0 Å². The van der Waals surface area contributed by atoms with E-state index in [0.717, 1.165) is 32.5 Å². The molecule has 0 bridgehead atoms. The average molecular weight is 563 g/mol. The summed E-state index contributed by atoms with van der Waals surface area (Å²) in [4.78, 5) is 13.0. The number of benzene rings is 3. The summed E-state index contributed by atoms with van der Waals surface area (Å²) in [6.45, 7) is 9.47. The zero-order valence-electron chi connectivity index (χ0n) is 22.6. The number of nitrogens with one attached hydrogen (secondary N) is 1. The lowest BCUT2D eigenvalue weighted by molar-refractivity contribution is -0.119. The fourth-order valence-corrected chi connectivity index (χ4v) is 6.12. The first-order valence-corrected chi connectivity index (χ1v) is 14.2. The molecule has 7 nitrogen and oxygen atoms in total. The maximum Gasteiger partial charge on any atom is 0.264 e. The van der Waals surface area contributed by atoms with Gasteiger partial charge in [0.1, 0.15) is 6.54 Å². The fraction of sp³-hybridized carbons (Fsp3) is 0.200. The van der Waals surface area contributed by atoms with Gasteiger partial charge in [0.05, 0.1) is 16.8 Å². The summed E-state index contributed by atoms with van der Waals surface area (Å²) in [5.41, 5.74) is 9.80. The molecule has 0 radical (unpaired) electrons. The second-order valence-corrected chi connectivity index (χ2v) is 11.8. The second-order valence-electron chi connectivity index (χ2n) is 9.56. The highest BCUT2D eigenvalue weighted by Gasteiger charge is 2.27. The van der Waals surface area contributed by atoms with Crippen LogP contribution in [0.1, 0.15) is 33.6 Å². The number of sulfonamides is 1. The molecule has 0 unspecified atom stereocenters. The van der Waals surface area contributed by atoms with E-state index < -0.39 is 22.5 Å². The zero-order valence-corrected chi connectivity index (χ0v) is 24.1. The van der Waals surface area contributed by atoms with Gasteiger partial charge in [-0.25, -0.2) is 13.8 Å². The highest BCUT2D eigenvalue weighted by Crippen LogP contribution is 2.28. The number of nitrogens with zero attached hydrogens (tertiary/aromatic N) is 3. The third kappa shape index (κ3) is 6.24. The van der Waals surface area contributed by atoms with Gasteiger partial charge in [0.2, 0.25) is 0 Å². The number of rotatable bonds is 8. The molecule has 1 N–H and O–H groups in total. The van der Waals surface area contributed by atoms with Crippen molar-refractivity contribution in [1.82, 2.24) is 9.99 Å². The van der Waals surface area contributed by atoms with Gasteiger partial charge in [-0.15, -0.1) is 0 Å². The molecule has 1 heterocycles. The van der Waals surface area contributed by atoms with E-state index in [1.54, 1.807) is 36.5 Å². The van der Waals surface area contributed by atoms with Crippen LogP contribution in [0, 0.1) is 34.6 Å². The molecule has 0 aliphatic heterocycles. The minimum atomic E-state index is -4.04. The Morgan fingerprint density at radius 1 is 0.949 bits per heavy atom. The number of halogens is 1. The lowest BCUT2D eigenvalue weighted by Crippen LogP contribution is -2.39. The van der Waals surface area contributed by atoms with Crippen LogP contribution < -0.4 is 9.73 Å². The Morgan fingerprint density at radius 2 is 1.62 bits per heavy atom. The van der Waals surface area contributed by atoms with E-state index in [4.69, 9.17) is 11.6 Å². The summed E-state index contributed by atoms with van der Waals surface area (Å²) >= 11 is 6.29. The Morgan fingerprint density at radius 3 is 2.26 bits per heavy atom. The molecular weight excluding hydrogens is 532 g/mol. The van der Waals surface area contributed by atoms with Gasteiger partial charge in [0, 0.05) is 27.7 Å². The molecule has 0 saturated carbocycles. The van der Waals surface area contributed by atoms with Crippen LogP contribution in [0.25, 0.3) is 5.69 Å². The number of hydrogen-bond donors (Lipinski definition) is 1. The Bertz CT molecular complexity index is 1640. The minimum absolute atomic E-state index is 0.0665. The largest absolute Gasteiger partial charge is 0.318 e. The first kappa shape index (κ1) is 28.1. The Hall–Kier alpha value is -3.88. The average Bonchev–Trinajstić information content (AvgIpc) is 3.16. The SMILES string of the molecule is Cc1cc(C)cc(-n2c(C)cc(/C=N/NC(=O)CN(c3ccc(C)c(Cl)c3)S(=O)(=O)c3ccccc3)c2C)c1. The number of aryl methyl sites for hydroxylation is 4. The van der Waals surface area contributed by atoms with Gasteiger partial charge in [-0.2, -0.15) is 5.10 Å². The maximum atomic E-state index is 13.5. The van der Waals surface area contributed by atoms with Crippen LogP contribution in [0.3, 0.4) is 0 Å². The van der Waals surface area contributed by atoms with Crippen molar-refractivity contribution >= 4 is 39.4 Å². The van der Waals surface area contributed by atoms with Gasteiger partial charge in [0.15, 0.2) is 0 Å². The topological polar surface area (TPSA) is 83.8 Å². The molecule has 1 amide bonds. The smallest absolute Gasteiger partial charge is 0.264 e. The van der Waals surface area contributed by atoms with Crippen molar-refractivity contribution in [1.29, 1.82) is 0 Å². The molecule has 4 aromatic rings. The summed E-state index contributed by atoms with van der Waals surface area (Å²) in [5.74, 6) is -0.592. The van der Waals surface area contributed by atoms with E-state index in [0.29, 0.717) is 5.02 Å². The number of anilines is 1. The Kier molecular flexibility index (Phi) is 8.28. The van der Waals surface area contributed by atoms with Crippen molar-refractivity contribution in [2.75, 3.05) is 10.8 Å². The lowest BCUT2D eigenvalue weighted by Gasteiger charge is -2.24. The molecule has 9 heteroatoms. The van der Waals surface area contributed by atoms with Crippen molar-refractivity contribution in [3.8, 4) is 5.69 Å². The molecular formula is C30H31ClN4O3S. The predicted molar refractivity (Wildman–Crippen MR) is 158 cm³/mol. The summed E-state index contributed by atoms with van der Waals surface area (Å²) in [7, 11) is -4.04. The van der Waals surface area contributed by atoms with Crippen LogP contribution in [0.4, 0.5) is 5.69 Å². The molecule has 0 aliphatic rings. The van der Waals surface area contributed by atoms with E-state index in [1.165, 1.54) is 29.3 Å². The van der Waals surface area contributed by atoms with Crippen molar-refractivity contribution in [2.45, 2.75) is 39.5 Å². The van der Waals surface area contributed by atoms with E-state index in [2.05, 4.69) is 47.1 Å². The highest BCUT2D eigenvalue weighted by atomic mass is 35.5. The molecule has 0 spiro atoms. The standard InChI is InChI=1S/C30H31ClN4O3S/c1-20-13-21(2)15-27(14-20)35-23(4)16-25(24(35)5)18-32-33-30(36)19-34(26-12-11-22(3)29(31)17-26)39(37,38)28-9-7-6-8-10-28/h6-18H,19H2,1-5H3,(H,33,36)/b32-18+. The van der Waals surface area contributed by atoms with Gasteiger partial charge < -0.3 is 4.57 Å². The Balaban J connectivity index is 1.57. The van der Waals surface area contributed by atoms with E-state index in [1.807, 2.05) is 26.8 Å². The van der Waals surface area contributed by atoms with Crippen LogP contribution in [0.2, 0.25) is 5.02 Å². The lowest BCUT2D eigenvalue weighted by atomic mass is 10.1. The Labute approximate surface area is 234 Å². The quantitative estimate of drug-likeness (QED) is 0.210. The number of hydrogen-bond acceptors (Lipinski definition) is 4. The molecule has 4 rings (SSSR count). The summed E-state index contributed by atoms with van der Waals surface area (Å²) in [6.07, 6.45) is 1.57. The monoisotopic (exact) mass is 562 g/mol. The molecule has 0 saturated heterocycles. The first-order chi connectivity index (χ1) is 18.5. The zero-order chi connectivity index (χ0) is 28.3. The maximum absolute atomic E-state index is 13.5. The number of aromatic nitrogens is 1. The van der Waals surface area contributed by atoms with Crippen LogP contribution in [0.5, 0.6) is 0 Å². The summed E-state index contributed by atoms with van der Waals surface area (Å²) < 4.78 is 30.1. The van der Waals surface area contributed by atoms with Gasteiger partial charge in [-0.05, 0) is 93.8 Å². The first-order valence-electron chi connectivity index (χ1n) is 12.4. The summed E-state index contributed by atoms with van der Waals surface area (Å²) in [6, 6.07) is 21.2. The molecule has 1 aromatic heterocycles. The van der Waals surface area contributed by atoms with Crippen LogP contribution in [0.15, 0.2) is 82.8 Å². The minimum Gasteiger partial charge on any atom is -0.318 e. The van der Waals surface area contributed by atoms with Gasteiger partial charge in [0.25, 0.3) is 15.9 Å². The van der Waals surface area contributed by atoms with Crippen LogP contribution in [-0.2, 0) is 14.8 Å². The molecule has 0 atom stereocenters. The predicted octanol–water partition coefficient (Wildman–Crippen LogP) is 6.02. The van der Waals surface area contributed by atoms with Gasteiger partial charge in [-0.1, -0.05) is 41.9 Å². The van der Waals surface area contributed by atoms with Gasteiger partial charge >= 0.3 is 0 Å². The van der Waals surface area contributed by atoms with Gasteiger partial charge in [-0.3, -0.25) is 9.10 Å². The summed E-state index contributed by atoms with van der Waals surface area (Å²) in [5, 5.41) is 4.53. The van der Waals surface area contributed by atoms with Crippen molar-refractivity contribution < 1.29 is 13.2 Å². The number of carbonyl (C=O) groups excluding carboxylic acids is 1. The fourth-order valence-electron chi connectivity index (χ4n) is 4.51. The van der Waals surface area contributed by atoms with E-state index in [9.17, 15) is 13.2 Å². The van der Waals surface area contributed by atoms with Crippen LogP contribution in [-0.4, -0.2) is 31.7 Å². The molecule has 3 aromatic carbocycles. The number of carbonyl (C=O) groups is 1. The highest BCUT2D eigenvalue weighted by molar-refractivity contribution is 7.92. The number of amides is 1. The molecule has 202 valence electrons. The van der Waals surface area contributed by atoms with Crippen LogP contribution >= 0.6 is 11.6 Å². The number of hydrazone groups is 1. The van der Waals surface area contributed by atoms with E-state index in [-0.39, 0.29) is 10.6 Å². The third-order valence-corrected chi connectivity index (χ3v) is 8.58.